The van der Waals surface area contributed by atoms with E-state index in [0.29, 0.717) is 5.13 Å². The van der Waals surface area contributed by atoms with E-state index < -0.39 is 0 Å². The number of benzene rings is 1. The molecule has 4 nitrogen and oxygen atoms in total. The monoisotopic (exact) mass is 317 g/mol. The van der Waals surface area contributed by atoms with Crippen LogP contribution in [-0.4, -0.2) is 24.2 Å². The number of ether oxygens (including phenoxy) is 1. The summed E-state index contributed by atoms with van der Waals surface area (Å²) in [5.41, 5.74) is 8.98. The van der Waals surface area contributed by atoms with Gasteiger partial charge in [-0.2, -0.15) is 0 Å². The molecule has 2 heterocycles. The Bertz CT molecular complexity index is 641. The highest BCUT2D eigenvalue weighted by molar-refractivity contribution is 7.13. The number of hydrogen-bond acceptors (Lipinski definition) is 5. The molecule has 1 aliphatic heterocycles. The average molecular weight is 317 g/mol. The molecule has 3 rings (SSSR count). The van der Waals surface area contributed by atoms with Gasteiger partial charge in [0.05, 0.1) is 17.9 Å². The van der Waals surface area contributed by atoms with E-state index in [2.05, 4.69) is 41.9 Å². The maximum absolute atomic E-state index is 6.10. The SMILES string of the molecule is CCCCN1CC(CC)Oc2ccc(-c3csc(N)n3)cc21. The minimum atomic E-state index is 0.283. The normalized spacial score (nSPS) is 17.2. The lowest BCUT2D eigenvalue weighted by atomic mass is 10.1. The second kappa shape index (κ2) is 6.57. The Labute approximate surface area is 135 Å². The minimum Gasteiger partial charge on any atom is -0.486 e. The molecule has 2 aromatic rings. The average Bonchev–Trinajstić information content (AvgIpc) is 2.98. The number of nitrogens with zero attached hydrogens (tertiary/aromatic N) is 2. The first-order valence-corrected chi connectivity index (χ1v) is 8.86. The first-order chi connectivity index (χ1) is 10.7. The number of aromatic nitrogens is 1. The highest BCUT2D eigenvalue weighted by Gasteiger charge is 2.24. The van der Waals surface area contributed by atoms with Gasteiger partial charge in [-0.05, 0) is 31.0 Å². The van der Waals surface area contributed by atoms with Crippen LogP contribution in [0.4, 0.5) is 10.8 Å². The van der Waals surface area contributed by atoms with Crippen LogP contribution >= 0.6 is 11.3 Å². The van der Waals surface area contributed by atoms with Crippen molar-refractivity contribution in [3.8, 4) is 17.0 Å². The summed E-state index contributed by atoms with van der Waals surface area (Å²) in [6.07, 6.45) is 3.72. The molecule has 0 aliphatic carbocycles. The predicted octanol–water partition coefficient (Wildman–Crippen LogP) is 4.17. The van der Waals surface area contributed by atoms with Crippen LogP contribution in [0.5, 0.6) is 5.75 Å². The number of rotatable bonds is 5. The van der Waals surface area contributed by atoms with Crippen LogP contribution in [0.2, 0.25) is 0 Å². The largest absolute Gasteiger partial charge is 0.486 e. The molecule has 22 heavy (non-hydrogen) atoms. The van der Waals surface area contributed by atoms with Gasteiger partial charge in [-0.1, -0.05) is 20.3 Å². The maximum Gasteiger partial charge on any atom is 0.180 e. The van der Waals surface area contributed by atoms with Crippen molar-refractivity contribution >= 4 is 22.2 Å². The molecule has 1 aromatic carbocycles. The first-order valence-electron chi connectivity index (χ1n) is 7.98. The van der Waals surface area contributed by atoms with Crippen LogP contribution in [0, 0.1) is 0 Å². The molecule has 118 valence electrons. The topological polar surface area (TPSA) is 51.4 Å². The lowest BCUT2D eigenvalue weighted by molar-refractivity contribution is 0.189. The van der Waals surface area contributed by atoms with E-state index in [1.807, 2.05) is 5.38 Å². The molecule has 1 unspecified atom stereocenters. The van der Waals surface area contributed by atoms with Gasteiger partial charge in [0.25, 0.3) is 0 Å². The van der Waals surface area contributed by atoms with Crippen LogP contribution in [-0.2, 0) is 0 Å². The van der Waals surface area contributed by atoms with Gasteiger partial charge < -0.3 is 15.4 Å². The van der Waals surface area contributed by atoms with Crippen molar-refractivity contribution in [2.24, 2.45) is 0 Å². The number of fused-ring (bicyclic) bond motifs is 1. The van der Waals surface area contributed by atoms with Crippen LogP contribution < -0.4 is 15.4 Å². The van der Waals surface area contributed by atoms with E-state index in [1.165, 1.54) is 29.9 Å². The number of hydrogen-bond donors (Lipinski definition) is 1. The van der Waals surface area contributed by atoms with Gasteiger partial charge >= 0.3 is 0 Å². The van der Waals surface area contributed by atoms with Crippen molar-refractivity contribution in [1.82, 2.24) is 4.98 Å². The number of anilines is 2. The summed E-state index contributed by atoms with van der Waals surface area (Å²) in [7, 11) is 0. The zero-order valence-electron chi connectivity index (χ0n) is 13.2. The van der Waals surface area contributed by atoms with Gasteiger partial charge in [0.1, 0.15) is 11.9 Å². The molecular weight excluding hydrogens is 294 g/mol. The third kappa shape index (κ3) is 3.04. The van der Waals surface area contributed by atoms with Crippen molar-refractivity contribution in [2.75, 3.05) is 23.7 Å². The smallest absolute Gasteiger partial charge is 0.180 e. The Kier molecular flexibility index (Phi) is 4.52. The van der Waals surface area contributed by atoms with Gasteiger partial charge in [0.2, 0.25) is 0 Å². The molecule has 0 spiro atoms. The zero-order valence-corrected chi connectivity index (χ0v) is 14.0. The first kappa shape index (κ1) is 15.2. The molecule has 1 atom stereocenters. The van der Waals surface area contributed by atoms with Crippen LogP contribution in [0.3, 0.4) is 0 Å². The lowest BCUT2D eigenvalue weighted by Gasteiger charge is -2.36. The summed E-state index contributed by atoms with van der Waals surface area (Å²) in [5, 5.41) is 2.62. The van der Waals surface area contributed by atoms with Crippen LogP contribution in [0.1, 0.15) is 33.1 Å². The number of nitrogen functional groups attached to an aromatic ring is 1. The van der Waals surface area contributed by atoms with Crippen LogP contribution in [0.25, 0.3) is 11.3 Å². The summed E-state index contributed by atoms with van der Waals surface area (Å²) in [5.74, 6) is 0.987. The molecule has 5 heteroatoms. The van der Waals surface area contributed by atoms with Crippen molar-refractivity contribution in [3.63, 3.8) is 0 Å². The molecule has 0 fully saturated rings. The molecule has 1 aromatic heterocycles. The van der Waals surface area contributed by atoms with Gasteiger partial charge in [0, 0.05) is 17.5 Å². The molecule has 0 amide bonds. The third-order valence-corrected chi connectivity index (χ3v) is 4.75. The summed E-state index contributed by atoms with van der Waals surface area (Å²) in [4.78, 5) is 6.84. The van der Waals surface area contributed by atoms with Crippen molar-refractivity contribution in [1.29, 1.82) is 0 Å². The zero-order chi connectivity index (χ0) is 15.5. The van der Waals surface area contributed by atoms with E-state index in [1.54, 1.807) is 0 Å². The summed E-state index contributed by atoms with van der Waals surface area (Å²) in [6.45, 7) is 6.45. The molecule has 0 radical (unpaired) electrons. The highest BCUT2D eigenvalue weighted by Crippen LogP contribution is 2.38. The number of thiazole rings is 1. The standard InChI is InChI=1S/C17H23N3OS/c1-3-5-8-20-10-13(4-2)21-16-7-6-12(9-15(16)20)14-11-22-17(18)19-14/h6-7,9,11,13H,3-5,8,10H2,1-2H3,(H2,18,19). The van der Waals surface area contributed by atoms with Gasteiger partial charge in [0.15, 0.2) is 5.13 Å². The molecule has 2 N–H and O–H groups in total. The molecule has 0 bridgehead atoms. The van der Waals surface area contributed by atoms with Gasteiger partial charge in [-0.25, -0.2) is 4.98 Å². The minimum absolute atomic E-state index is 0.283. The Morgan fingerprint density at radius 1 is 1.41 bits per heavy atom. The van der Waals surface area contributed by atoms with Gasteiger partial charge in [-0.3, -0.25) is 0 Å². The van der Waals surface area contributed by atoms with Gasteiger partial charge in [-0.15, -0.1) is 11.3 Å². The Morgan fingerprint density at radius 2 is 2.27 bits per heavy atom. The fourth-order valence-corrected chi connectivity index (χ4v) is 3.35. The fraction of sp³-hybridized carbons (Fsp3) is 0.471. The Morgan fingerprint density at radius 3 is 2.95 bits per heavy atom. The summed E-state index contributed by atoms with van der Waals surface area (Å²) < 4.78 is 6.10. The van der Waals surface area contributed by atoms with Crippen molar-refractivity contribution in [3.05, 3.63) is 23.6 Å². The van der Waals surface area contributed by atoms with E-state index in [9.17, 15) is 0 Å². The predicted molar refractivity (Wildman–Crippen MR) is 93.8 cm³/mol. The van der Waals surface area contributed by atoms with E-state index in [-0.39, 0.29) is 6.10 Å². The summed E-state index contributed by atoms with van der Waals surface area (Å²) >= 11 is 1.48. The third-order valence-electron chi connectivity index (χ3n) is 4.07. The molecule has 0 saturated heterocycles. The second-order valence-electron chi connectivity index (χ2n) is 5.70. The maximum atomic E-state index is 6.10. The molecular formula is C17H23N3OS. The van der Waals surface area contributed by atoms with Crippen molar-refractivity contribution in [2.45, 2.75) is 39.2 Å². The lowest BCUT2D eigenvalue weighted by Crippen LogP contribution is -2.40. The second-order valence-corrected chi connectivity index (χ2v) is 6.59. The molecule has 0 saturated carbocycles. The van der Waals surface area contributed by atoms with Crippen LogP contribution in [0.15, 0.2) is 23.6 Å². The summed E-state index contributed by atoms with van der Waals surface area (Å²) in [6, 6.07) is 6.33. The fourth-order valence-electron chi connectivity index (χ4n) is 2.78. The molecule has 1 aliphatic rings. The van der Waals surface area contributed by atoms with E-state index >= 15 is 0 Å². The Balaban J connectivity index is 1.94. The quantitative estimate of drug-likeness (QED) is 0.899. The van der Waals surface area contributed by atoms with E-state index in [4.69, 9.17) is 10.5 Å². The Hall–Kier alpha value is -1.75. The highest BCUT2D eigenvalue weighted by atomic mass is 32.1. The van der Waals surface area contributed by atoms with Crippen molar-refractivity contribution < 1.29 is 4.74 Å². The van der Waals surface area contributed by atoms with E-state index in [0.717, 1.165) is 36.5 Å². The number of nitrogens with two attached hydrogens (primary N) is 1. The number of unbranched alkanes of at least 4 members (excludes halogenated alkanes) is 1.